The number of nitrogens with two attached hydrogens (primary N) is 1. The van der Waals surface area contributed by atoms with Crippen molar-refractivity contribution in [3.63, 3.8) is 0 Å². The lowest BCUT2D eigenvalue weighted by Gasteiger charge is -2.06. The van der Waals surface area contributed by atoms with Gasteiger partial charge in [0, 0.05) is 38.1 Å². The summed E-state index contributed by atoms with van der Waals surface area (Å²) in [6, 6.07) is 3.94. The van der Waals surface area contributed by atoms with Crippen molar-refractivity contribution >= 4 is 17.0 Å². The Kier molecular flexibility index (Phi) is 2.47. The standard InChI is InChI=1S/C12H14N6/c1-17-9(2-6-15-17)4-7-18-11-3-5-14-8-10(11)16-12(18)13/h2-3,5-6,8H,4,7H2,1H3,(H2,13,16). The van der Waals surface area contributed by atoms with E-state index < -0.39 is 0 Å². The lowest BCUT2D eigenvalue weighted by molar-refractivity contribution is 0.651. The molecule has 0 spiro atoms. The second kappa shape index (κ2) is 4.14. The van der Waals surface area contributed by atoms with Crippen molar-refractivity contribution in [2.75, 3.05) is 5.73 Å². The maximum Gasteiger partial charge on any atom is 0.201 e. The molecule has 0 saturated carbocycles. The van der Waals surface area contributed by atoms with Crippen LogP contribution in [0.3, 0.4) is 0 Å². The van der Waals surface area contributed by atoms with E-state index in [0.717, 1.165) is 24.0 Å². The summed E-state index contributed by atoms with van der Waals surface area (Å²) in [6.07, 6.45) is 6.15. The molecule has 0 bridgehead atoms. The second-order valence-corrected chi connectivity index (χ2v) is 4.18. The van der Waals surface area contributed by atoms with Gasteiger partial charge in [-0.2, -0.15) is 5.10 Å². The molecule has 3 heterocycles. The molecule has 0 aliphatic carbocycles. The molecule has 3 aromatic rings. The number of nitrogens with zero attached hydrogens (tertiary/aromatic N) is 5. The van der Waals surface area contributed by atoms with Crippen molar-refractivity contribution in [1.82, 2.24) is 24.3 Å². The summed E-state index contributed by atoms with van der Waals surface area (Å²) in [5.74, 6) is 0.528. The third-order valence-corrected chi connectivity index (χ3v) is 3.09. The van der Waals surface area contributed by atoms with Crippen LogP contribution in [0.1, 0.15) is 5.69 Å². The Bertz CT molecular complexity index is 681. The highest BCUT2D eigenvalue weighted by Gasteiger charge is 2.08. The van der Waals surface area contributed by atoms with Gasteiger partial charge >= 0.3 is 0 Å². The van der Waals surface area contributed by atoms with Gasteiger partial charge in [-0.3, -0.25) is 9.67 Å². The summed E-state index contributed by atoms with van der Waals surface area (Å²) in [6.45, 7) is 0.784. The van der Waals surface area contributed by atoms with Crippen molar-refractivity contribution in [1.29, 1.82) is 0 Å². The first kappa shape index (κ1) is 10.8. The summed E-state index contributed by atoms with van der Waals surface area (Å²) in [4.78, 5) is 8.34. The van der Waals surface area contributed by atoms with E-state index in [2.05, 4.69) is 15.1 Å². The third-order valence-electron chi connectivity index (χ3n) is 3.09. The number of anilines is 1. The molecular weight excluding hydrogens is 228 g/mol. The largest absolute Gasteiger partial charge is 0.369 e. The fourth-order valence-corrected chi connectivity index (χ4v) is 2.11. The molecule has 0 amide bonds. The zero-order valence-corrected chi connectivity index (χ0v) is 10.1. The number of hydrogen-bond donors (Lipinski definition) is 1. The fourth-order valence-electron chi connectivity index (χ4n) is 2.11. The molecule has 18 heavy (non-hydrogen) atoms. The molecule has 0 atom stereocenters. The normalized spacial score (nSPS) is 11.2. The molecule has 6 heteroatoms. The topological polar surface area (TPSA) is 74.5 Å². The van der Waals surface area contributed by atoms with Crippen LogP contribution in [0.2, 0.25) is 0 Å². The Morgan fingerprint density at radius 1 is 1.28 bits per heavy atom. The molecule has 0 aromatic carbocycles. The van der Waals surface area contributed by atoms with Crippen LogP contribution in [0.15, 0.2) is 30.7 Å². The van der Waals surface area contributed by atoms with E-state index in [4.69, 9.17) is 5.73 Å². The van der Waals surface area contributed by atoms with Crippen LogP contribution in [0.25, 0.3) is 11.0 Å². The van der Waals surface area contributed by atoms with Crippen molar-refractivity contribution in [2.24, 2.45) is 7.05 Å². The Labute approximate surface area is 104 Å². The highest BCUT2D eigenvalue weighted by atomic mass is 15.3. The predicted octanol–water partition coefficient (Wildman–Crippen LogP) is 0.990. The van der Waals surface area contributed by atoms with Crippen LogP contribution in [0.5, 0.6) is 0 Å². The van der Waals surface area contributed by atoms with Gasteiger partial charge in [0.25, 0.3) is 0 Å². The molecule has 92 valence electrons. The molecule has 3 rings (SSSR count). The Balaban J connectivity index is 1.91. The summed E-state index contributed by atoms with van der Waals surface area (Å²) >= 11 is 0. The maximum absolute atomic E-state index is 5.93. The number of aryl methyl sites for hydroxylation is 3. The highest BCUT2D eigenvalue weighted by molar-refractivity contribution is 5.76. The molecule has 0 aliphatic rings. The number of imidazole rings is 1. The van der Waals surface area contributed by atoms with Gasteiger partial charge in [-0.05, 0) is 12.1 Å². The summed E-state index contributed by atoms with van der Waals surface area (Å²) in [5, 5.41) is 4.15. The SMILES string of the molecule is Cn1nccc1CCn1c(N)nc2cnccc21. The molecule has 6 nitrogen and oxygen atoms in total. The Morgan fingerprint density at radius 2 is 2.17 bits per heavy atom. The lowest BCUT2D eigenvalue weighted by Crippen LogP contribution is -2.08. The molecule has 0 radical (unpaired) electrons. The van der Waals surface area contributed by atoms with Gasteiger partial charge in [0.15, 0.2) is 0 Å². The number of aromatic nitrogens is 5. The molecular formula is C12H14N6. The van der Waals surface area contributed by atoms with Crippen LogP contribution >= 0.6 is 0 Å². The first-order valence-electron chi connectivity index (χ1n) is 5.78. The van der Waals surface area contributed by atoms with E-state index in [9.17, 15) is 0 Å². The van der Waals surface area contributed by atoms with E-state index in [0.29, 0.717) is 5.95 Å². The van der Waals surface area contributed by atoms with E-state index in [1.54, 1.807) is 18.6 Å². The van der Waals surface area contributed by atoms with Gasteiger partial charge in [-0.25, -0.2) is 4.98 Å². The van der Waals surface area contributed by atoms with Gasteiger partial charge in [-0.15, -0.1) is 0 Å². The minimum absolute atomic E-state index is 0.528. The average molecular weight is 242 g/mol. The first-order chi connectivity index (χ1) is 8.75. The predicted molar refractivity (Wildman–Crippen MR) is 68.9 cm³/mol. The van der Waals surface area contributed by atoms with Gasteiger partial charge in [0.05, 0.1) is 11.7 Å². The lowest BCUT2D eigenvalue weighted by atomic mass is 10.3. The minimum atomic E-state index is 0.528. The van der Waals surface area contributed by atoms with Crippen molar-refractivity contribution in [3.05, 3.63) is 36.4 Å². The number of nitrogen functional groups attached to an aromatic ring is 1. The van der Waals surface area contributed by atoms with Gasteiger partial charge in [-0.1, -0.05) is 0 Å². The van der Waals surface area contributed by atoms with E-state index in [1.807, 2.05) is 28.4 Å². The number of rotatable bonds is 3. The summed E-state index contributed by atoms with van der Waals surface area (Å²) in [7, 11) is 1.94. The molecule has 0 unspecified atom stereocenters. The number of hydrogen-bond acceptors (Lipinski definition) is 4. The van der Waals surface area contributed by atoms with Crippen LogP contribution in [-0.4, -0.2) is 24.3 Å². The second-order valence-electron chi connectivity index (χ2n) is 4.18. The van der Waals surface area contributed by atoms with E-state index in [-0.39, 0.29) is 0 Å². The van der Waals surface area contributed by atoms with E-state index >= 15 is 0 Å². The number of fused-ring (bicyclic) bond motifs is 1. The Hall–Kier alpha value is -2.37. The Morgan fingerprint density at radius 3 is 2.94 bits per heavy atom. The first-order valence-corrected chi connectivity index (χ1v) is 5.78. The molecule has 0 aliphatic heterocycles. The smallest absolute Gasteiger partial charge is 0.201 e. The van der Waals surface area contributed by atoms with E-state index in [1.165, 1.54) is 5.69 Å². The average Bonchev–Trinajstić information content (AvgIpc) is 2.90. The molecule has 2 N–H and O–H groups in total. The van der Waals surface area contributed by atoms with Crippen molar-refractivity contribution < 1.29 is 0 Å². The van der Waals surface area contributed by atoms with Gasteiger partial charge < -0.3 is 10.3 Å². The van der Waals surface area contributed by atoms with Crippen molar-refractivity contribution in [3.8, 4) is 0 Å². The maximum atomic E-state index is 5.93. The zero-order valence-electron chi connectivity index (χ0n) is 10.1. The molecule has 0 saturated heterocycles. The van der Waals surface area contributed by atoms with Crippen LogP contribution in [-0.2, 0) is 20.0 Å². The third kappa shape index (κ3) is 1.71. The monoisotopic (exact) mass is 242 g/mol. The molecule has 0 fully saturated rings. The van der Waals surface area contributed by atoms with Crippen LogP contribution in [0.4, 0.5) is 5.95 Å². The van der Waals surface area contributed by atoms with Crippen LogP contribution in [0, 0.1) is 0 Å². The molecule has 3 aromatic heterocycles. The van der Waals surface area contributed by atoms with Crippen LogP contribution < -0.4 is 5.73 Å². The highest BCUT2D eigenvalue weighted by Crippen LogP contribution is 2.16. The van der Waals surface area contributed by atoms with Crippen molar-refractivity contribution in [2.45, 2.75) is 13.0 Å². The summed E-state index contributed by atoms with van der Waals surface area (Å²) in [5.41, 5.74) is 8.96. The zero-order chi connectivity index (χ0) is 12.5. The van der Waals surface area contributed by atoms with Gasteiger partial charge in [0.1, 0.15) is 5.52 Å². The summed E-state index contributed by atoms with van der Waals surface area (Å²) < 4.78 is 3.88. The minimum Gasteiger partial charge on any atom is -0.369 e. The van der Waals surface area contributed by atoms with Gasteiger partial charge in [0.2, 0.25) is 5.95 Å². The fraction of sp³-hybridized carbons (Fsp3) is 0.250. The number of pyridine rings is 1. The quantitative estimate of drug-likeness (QED) is 0.743.